The Morgan fingerprint density at radius 1 is 1.04 bits per heavy atom. The van der Waals surface area contributed by atoms with Gasteiger partial charge in [0.2, 0.25) is 0 Å². The lowest BCUT2D eigenvalue weighted by Gasteiger charge is -2.38. The fourth-order valence-corrected chi connectivity index (χ4v) is 5.01. The van der Waals surface area contributed by atoms with Gasteiger partial charge in [-0.15, -0.1) is 0 Å². The van der Waals surface area contributed by atoms with Gasteiger partial charge in [0.1, 0.15) is 6.23 Å². The molecular weight excluding hydrogens is 318 g/mol. The second-order valence-electron chi connectivity index (χ2n) is 8.32. The molecule has 4 aliphatic heterocycles. The number of rotatable bonds is 4. The van der Waals surface area contributed by atoms with Gasteiger partial charge in [0.05, 0.1) is 18.4 Å². The maximum atomic E-state index is 6.03. The van der Waals surface area contributed by atoms with E-state index in [1.54, 1.807) is 0 Å². The standard InChI is InChI=1S/C18H35N5O2/c1-22(2)16-6-5-13(12-19-16)17-20-18(25-21-17)15-4-3-9-23(15)14-7-10-24-11-8-14/h13-21H,3-12H2,1-2H3. The van der Waals surface area contributed by atoms with Crippen LogP contribution in [0.1, 0.15) is 38.5 Å². The van der Waals surface area contributed by atoms with Crippen LogP contribution in [0, 0.1) is 5.92 Å². The van der Waals surface area contributed by atoms with Crippen LogP contribution in [0.25, 0.3) is 0 Å². The van der Waals surface area contributed by atoms with Crippen LogP contribution < -0.4 is 16.1 Å². The molecule has 3 N–H and O–H groups in total. The molecule has 4 fully saturated rings. The fraction of sp³-hybridized carbons (Fsp3) is 1.00. The molecule has 0 saturated carbocycles. The third kappa shape index (κ3) is 4.03. The minimum absolute atomic E-state index is 0.113. The summed E-state index contributed by atoms with van der Waals surface area (Å²) in [6, 6.07) is 1.16. The summed E-state index contributed by atoms with van der Waals surface area (Å²) in [5, 5.41) is 7.41. The predicted octanol–water partition coefficient (Wildman–Crippen LogP) is 0.294. The summed E-state index contributed by atoms with van der Waals surface area (Å²) >= 11 is 0. The molecule has 0 spiro atoms. The zero-order valence-electron chi connectivity index (χ0n) is 15.7. The summed E-state index contributed by atoms with van der Waals surface area (Å²) in [4.78, 5) is 11.0. The molecule has 0 aromatic rings. The summed E-state index contributed by atoms with van der Waals surface area (Å²) < 4.78 is 5.55. The van der Waals surface area contributed by atoms with Crippen molar-refractivity contribution in [3.63, 3.8) is 0 Å². The van der Waals surface area contributed by atoms with Gasteiger partial charge in [-0.1, -0.05) is 0 Å². The van der Waals surface area contributed by atoms with E-state index in [9.17, 15) is 0 Å². The summed E-state index contributed by atoms with van der Waals surface area (Å²) in [6.45, 7) is 4.07. The number of hydrogen-bond donors (Lipinski definition) is 3. The molecule has 0 radical (unpaired) electrons. The minimum Gasteiger partial charge on any atom is -0.381 e. The fourth-order valence-electron chi connectivity index (χ4n) is 5.01. The van der Waals surface area contributed by atoms with Gasteiger partial charge in [0.15, 0.2) is 0 Å². The molecule has 144 valence electrons. The molecule has 0 aromatic carbocycles. The third-order valence-corrected chi connectivity index (χ3v) is 6.54. The minimum atomic E-state index is 0.113. The zero-order chi connectivity index (χ0) is 17.2. The summed E-state index contributed by atoms with van der Waals surface area (Å²) in [7, 11) is 4.29. The van der Waals surface area contributed by atoms with E-state index in [1.165, 1.54) is 45.1 Å². The maximum Gasteiger partial charge on any atom is 0.146 e. The number of nitrogens with zero attached hydrogens (tertiary/aromatic N) is 2. The molecule has 7 nitrogen and oxygen atoms in total. The van der Waals surface area contributed by atoms with E-state index in [0.29, 0.717) is 24.2 Å². The van der Waals surface area contributed by atoms with Crippen LogP contribution in [0.3, 0.4) is 0 Å². The molecular formula is C18H35N5O2. The van der Waals surface area contributed by atoms with Crippen molar-refractivity contribution in [3.8, 4) is 0 Å². The molecule has 4 saturated heterocycles. The van der Waals surface area contributed by atoms with E-state index in [0.717, 1.165) is 19.8 Å². The largest absolute Gasteiger partial charge is 0.381 e. The van der Waals surface area contributed by atoms with Crippen LogP contribution >= 0.6 is 0 Å². The Balaban J connectivity index is 1.30. The molecule has 4 aliphatic rings. The summed E-state index contributed by atoms with van der Waals surface area (Å²) in [5.41, 5.74) is 3.30. The Morgan fingerprint density at radius 2 is 1.88 bits per heavy atom. The van der Waals surface area contributed by atoms with E-state index in [-0.39, 0.29) is 12.4 Å². The summed E-state index contributed by atoms with van der Waals surface area (Å²) in [6.07, 6.45) is 8.15. The Hall–Kier alpha value is -0.280. The van der Waals surface area contributed by atoms with Gasteiger partial charge in [0.25, 0.3) is 0 Å². The van der Waals surface area contributed by atoms with Crippen molar-refractivity contribution in [1.82, 2.24) is 25.9 Å². The van der Waals surface area contributed by atoms with Crippen molar-refractivity contribution in [2.75, 3.05) is 40.4 Å². The number of hydrogen-bond acceptors (Lipinski definition) is 7. The first-order valence-corrected chi connectivity index (χ1v) is 10.1. The highest BCUT2D eigenvalue weighted by molar-refractivity contribution is 4.94. The lowest BCUT2D eigenvalue weighted by atomic mass is 9.94. The smallest absolute Gasteiger partial charge is 0.146 e. The lowest BCUT2D eigenvalue weighted by molar-refractivity contribution is -0.0461. The van der Waals surface area contributed by atoms with Gasteiger partial charge in [-0.3, -0.25) is 20.0 Å². The second kappa shape index (κ2) is 8.17. The molecule has 7 heteroatoms. The van der Waals surface area contributed by atoms with E-state index >= 15 is 0 Å². The molecule has 0 aromatic heterocycles. The van der Waals surface area contributed by atoms with E-state index in [2.05, 4.69) is 40.0 Å². The molecule has 4 rings (SSSR count). The third-order valence-electron chi connectivity index (χ3n) is 6.54. The highest BCUT2D eigenvalue weighted by Gasteiger charge is 2.42. The van der Waals surface area contributed by atoms with Crippen molar-refractivity contribution in [2.24, 2.45) is 5.92 Å². The molecule has 25 heavy (non-hydrogen) atoms. The quantitative estimate of drug-likeness (QED) is 0.672. The molecule has 0 bridgehead atoms. The Kier molecular flexibility index (Phi) is 5.91. The average molecular weight is 354 g/mol. The van der Waals surface area contributed by atoms with Gasteiger partial charge in [0, 0.05) is 31.7 Å². The van der Waals surface area contributed by atoms with Gasteiger partial charge in [-0.05, 0) is 59.2 Å². The molecule has 4 heterocycles. The van der Waals surface area contributed by atoms with Gasteiger partial charge < -0.3 is 10.1 Å². The van der Waals surface area contributed by atoms with Gasteiger partial charge in [-0.25, -0.2) is 0 Å². The first-order valence-electron chi connectivity index (χ1n) is 10.1. The second-order valence-corrected chi connectivity index (χ2v) is 8.32. The topological polar surface area (TPSA) is 61.0 Å². The lowest BCUT2D eigenvalue weighted by Crippen LogP contribution is -2.55. The van der Waals surface area contributed by atoms with Crippen molar-refractivity contribution in [2.45, 2.75) is 69.2 Å². The van der Waals surface area contributed by atoms with Gasteiger partial charge in [-0.2, -0.15) is 5.48 Å². The Morgan fingerprint density at radius 3 is 2.60 bits per heavy atom. The number of ether oxygens (including phenoxy) is 1. The van der Waals surface area contributed by atoms with Crippen LogP contribution in [-0.4, -0.2) is 80.8 Å². The van der Waals surface area contributed by atoms with Crippen molar-refractivity contribution >= 4 is 0 Å². The number of hydroxylamine groups is 1. The van der Waals surface area contributed by atoms with Crippen LogP contribution in [0.15, 0.2) is 0 Å². The number of likely N-dealkylation sites (tertiary alicyclic amines) is 1. The van der Waals surface area contributed by atoms with Crippen molar-refractivity contribution in [3.05, 3.63) is 0 Å². The van der Waals surface area contributed by atoms with E-state index < -0.39 is 0 Å². The first kappa shape index (κ1) is 18.1. The Bertz CT molecular complexity index is 424. The van der Waals surface area contributed by atoms with Crippen molar-refractivity contribution < 1.29 is 9.57 Å². The normalized spacial score (nSPS) is 41.6. The molecule has 5 unspecified atom stereocenters. The van der Waals surface area contributed by atoms with E-state index in [4.69, 9.17) is 9.57 Å². The van der Waals surface area contributed by atoms with Crippen molar-refractivity contribution in [1.29, 1.82) is 0 Å². The van der Waals surface area contributed by atoms with Crippen LogP contribution in [0.4, 0.5) is 0 Å². The number of piperidine rings is 1. The Labute approximate surface area is 151 Å². The SMILES string of the molecule is CN(C)C1CCC(C2NOC(C3CCCN3C3CCOCC3)N2)CN1. The van der Waals surface area contributed by atoms with E-state index in [1.807, 2.05) is 0 Å². The molecule has 0 amide bonds. The van der Waals surface area contributed by atoms with Gasteiger partial charge >= 0.3 is 0 Å². The average Bonchev–Trinajstić information content (AvgIpc) is 3.32. The number of nitrogens with one attached hydrogen (secondary N) is 3. The predicted molar refractivity (Wildman–Crippen MR) is 96.7 cm³/mol. The first-order chi connectivity index (χ1) is 12.2. The molecule has 5 atom stereocenters. The van der Waals surface area contributed by atoms with Crippen LogP contribution in [0.5, 0.6) is 0 Å². The maximum absolute atomic E-state index is 6.03. The van der Waals surface area contributed by atoms with Crippen LogP contribution in [-0.2, 0) is 9.57 Å². The monoisotopic (exact) mass is 353 g/mol. The zero-order valence-corrected chi connectivity index (χ0v) is 15.7. The molecule has 0 aliphatic carbocycles. The van der Waals surface area contributed by atoms with Crippen LogP contribution in [0.2, 0.25) is 0 Å². The highest BCUT2D eigenvalue weighted by Crippen LogP contribution is 2.30. The highest BCUT2D eigenvalue weighted by atomic mass is 16.7. The summed E-state index contributed by atoms with van der Waals surface area (Å²) in [5.74, 6) is 0.583.